The van der Waals surface area contributed by atoms with Gasteiger partial charge in [-0.1, -0.05) is 5.57 Å². The van der Waals surface area contributed by atoms with Crippen molar-refractivity contribution in [3.63, 3.8) is 0 Å². The summed E-state index contributed by atoms with van der Waals surface area (Å²) >= 11 is 1.53. The molecule has 0 aromatic carbocycles. The fourth-order valence-electron chi connectivity index (χ4n) is 1.28. The minimum Gasteiger partial charge on any atom is -0.477 e. The van der Waals surface area contributed by atoms with E-state index in [1.165, 1.54) is 11.3 Å². The number of rotatable bonds is 4. The van der Waals surface area contributed by atoms with Crippen LogP contribution in [-0.4, -0.2) is 16.6 Å². The molecule has 0 aliphatic heterocycles. The van der Waals surface area contributed by atoms with Crippen LogP contribution in [0.4, 0.5) is 5.95 Å². The van der Waals surface area contributed by atoms with Crippen LogP contribution in [0.3, 0.4) is 0 Å². The SMILES string of the molecule is C=C(C)CCOc1nc(N)nc2sccc12. The Bertz CT molecular complexity index is 521. The molecular weight excluding hydrogens is 222 g/mol. The van der Waals surface area contributed by atoms with Gasteiger partial charge >= 0.3 is 0 Å². The Morgan fingerprint density at radius 3 is 3.12 bits per heavy atom. The highest BCUT2D eigenvalue weighted by atomic mass is 32.1. The van der Waals surface area contributed by atoms with Gasteiger partial charge in [0.25, 0.3) is 0 Å². The Morgan fingerprint density at radius 2 is 2.38 bits per heavy atom. The molecule has 2 N–H and O–H groups in total. The molecule has 5 heteroatoms. The van der Waals surface area contributed by atoms with E-state index in [1.54, 1.807) is 0 Å². The number of nitrogens with two attached hydrogens (primary N) is 1. The summed E-state index contributed by atoms with van der Waals surface area (Å²) in [6.45, 7) is 6.36. The highest BCUT2D eigenvalue weighted by Crippen LogP contribution is 2.27. The maximum Gasteiger partial charge on any atom is 0.227 e. The van der Waals surface area contributed by atoms with E-state index in [1.807, 2.05) is 18.4 Å². The molecule has 0 saturated heterocycles. The van der Waals surface area contributed by atoms with Crippen molar-refractivity contribution in [1.82, 2.24) is 9.97 Å². The molecule has 0 aliphatic rings. The van der Waals surface area contributed by atoms with Crippen LogP contribution < -0.4 is 10.5 Å². The average molecular weight is 235 g/mol. The third-order valence-corrected chi connectivity index (χ3v) is 2.88. The maximum absolute atomic E-state index is 5.60. The van der Waals surface area contributed by atoms with Gasteiger partial charge in [0.1, 0.15) is 4.83 Å². The maximum atomic E-state index is 5.60. The number of aromatic nitrogens is 2. The minimum absolute atomic E-state index is 0.250. The first kappa shape index (κ1) is 10.9. The van der Waals surface area contributed by atoms with Crippen LogP contribution in [0.2, 0.25) is 0 Å². The van der Waals surface area contributed by atoms with Crippen molar-refractivity contribution < 1.29 is 4.74 Å². The van der Waals surface area contributed by atoms with Gasteiger partial charge in [-0.15, -0.1) is 17.9 Å². The fourth-order valence-corrected chi connectivity index (χ4v) is 2.04. The summed E-state index contributed by atoms with van der Waals surface area (Å²) in [6, 6.07) is 1.94. The lowest BCUT2D eigenvalue weighted by Crippen LogP contribution is -2.02. The largest absolute Gasteiger partial charge is 0.477 e. The summed E-state index contributed by atoms with van der Waals surface area (Å²) in [5.74, 6) is 0.810. The molecule has 2 aromatic heterocycles. The average Bonchev–Trinajstić information content (AvgIpc) is 2.64. The summed E-state index contributed by atoms with van der Waals surface area (Å²) in [6.07, 6.45) is 0.815. The molecule has 0 aliphatic carbocycles. The van der Waals surface area contributed by atoms with Crippen molar-refractivity contribution in [2.45, 2.75) is 13.3 Å². The van der Waals surface area contributed by atoms with E-state index in [0.29, 0.717) is 12.5 Å². The number of fused-ring (bicyclic) bond motifs is 1. The lowest BCUT2D eigenvalue weighted by Gasteiger charge is -2.06. The lowest BCUT2D eigenvalue weighted by molar-refractivity contribution is 0.314. The topological polar surface area (TPSA) is 61.0 Å². The number of nitrogens with zero attached hydrogens (tertiary/aromatic N) is 2. The Labute approximate surface area is 97.8 Å². The second-order valence-corrected chi connectivity index (χ2v) is 4.48. The lowest BCUT2D eigenvalue weighted by atomic mass is 10.3. The quantitative estimate of drug-likeness (QED) is 0.827. The van der Waals surface area contributed by atoms with Crippen molar-refractivity contribution in [1.29, 1.82) is 0 Å². The molecule has 0 saturated carbocycles. The molecule has 0 radical (unpaired) electrons. The van der Waals surface area contributed by atoms with Crippen LogP contribution in [0.15, 0.2) is 23.6 Å². The van der Waals surface area contributed by atoms with E-state index in [-0.39, 0.29) is 5.95 Å². The van der Waals surface area contributed by atoms with E-state index < -0.39 is 0 Å². The van der Waals surface area contributed by atoms with Crippen molar-refractivity contribution in [2.24, 2.45) is 0 Å². The molecule has 0 amide bonds. The Kier molecular flexibility index (Phi) is 3.05. The predicted octanol–water partition coefficient (Wildman–Crippen LogP) is 2.62. The third-order valence-electron chi connectivity index (χ3n) is 2.08. The van der Waals surface area contributed by atoms with Gasteiger partial charge in [-0.05, 0) is 18.4 Å². The van der Waals surface area contributed by atoms with Gasteiger partial charge in [-0.25, -0.2) is 4.98 Å². The van der Waals surface area contributed by atoms with Gasteiger partial charge < -0.3 is 10.5 Å². The second kappa shape index (κ2) is 4.49. The van der Waals surface area contributed by atoms with Gasteiger partial charge in [0.2, 0.25) is 11.8 Å². The molecular formula is C11H13N3OS. The molecule has 16 heavy (non-hydrogen) atoms. The number of thiophene rings is 1. The first-order chi connectivity index (χ1) is 7.66. The molecule has 0 bridgehead atoms. The Hall–Kier alpha value is -1.62. The number of nitrogen functional groups attached to an aromatic ring is 1. The first-order valence-electron chi connectivity index (χ1n) is 4.94. The van der Waals surface area contributed by atoms with Gasteiger partial charge in [-0.3, -0.25) is 0 Å². The number of hydrogen-bond acceptors (Lipinski definition) is 5. The molecule has 2 rings (SSSR count). The third kappa shape index (κ3) is 2.30. The smallest absolute Gasteiger partial charge is 0.227 e. The van der Waals surface area contributed by atoms with Gasteiger partial charge in [0.15, 0.2) is 0 Å². The molecule has 0 unspecified atom stereocenters. The van der Waals surface area contributed by atoms with Crippen LogP contribution in [0.1, 0.15) is 13.3 Å². The summed E-state index contributed by atoms with van der Waals surface area (Å²) in [5.41, 5.74) is 6.69. The van der Waals surface area contributed by atoms with E-state index in [4.69, 9.17) is 10.5 Å². The summed E-state index contributed by atoms with van der Waals surface area (Å²) in [5, 5.41) is 2.87. The highest BCUT2D eigenvalue weighted by molar-refractivity contribution is 7.16. The monoisotopic (exact) mass is 235 g/mol. The van der Waals surface area contributed by atoms with E-state index in [9.17, 15) is 0 Å². The van der Waals surface area contributed by atoms with Crippen molar-refractivity contribution in [2.75, 3.05) is 12.3 Å². The van der Waals surface area contributed by atoms with Gasteiger partial charge in [0, 0.05) is 6.42 Å². The fraction of sp³-hybridized carbons (Fsp3) is 0.273. The predicted molar refractivity (Wildman–Crippen MR) is 66.8 cm³/mol. The molecule has 0 atom stereocenters. The van der Waals surface area contributed by atoms with Crippen LogP contribution in [0, 0.1) is 0 Å². The normalized spacial score (nSPS) is 10.6. The Balaban J connectivity index is 2.22. The first-order valence-corrected chi connectivity index (χ1v) is 5.82. The standard InChI is InChI=1S/C11H13N3OS/c1-7(2)3-5-15-9-8-4-6-16-10(8)14-11(12)13-9/h4,6H,1,3,5H2,2H3,(H2,12,13,14). The van der Waals surface area contributed by atoms with E-state index >= 15 is 0 Å². The summed E-state index contributed by atoms with van der Waals surface area (Å²) < 4.78 is 5.58. The second-order valence-electron chi connectivity index (χ2n) is 3.58. The molecule has 0 fully saturated rings. The molecule has 0 spiro atoms. The van der Waals surface area contributed by atoms with E-state index in [2.05, 4.69) is 16.5 Å². The van der Waals surface area contributed by atoms with Crippen LogP contribution in [0.25, 0.3) is 10.2 Å². The van der Waals surface area contributed by atoms with Crippen LogP contribution in [0.5, 0.6) is 5.88 Å². The van der Waals surface area contributed by atoms with Gasteiger partial charge in [0.05, 0.1) is 12.0 Å². The number of hydrogen-bond donors (Lipinski definition) is 1. The zero-order valence-corrected chi connectivity index (χ0v) is 9.88. The minimum atomic E-state index is 0.250. The van der Waals surface area contributed by atoms with Gasteiger partial charge in [-0.2, -0.15) is 4.98 Å². The van der Waals surface area contributed by atoms with Crippen LogP contribution in [-0.2, 0) is 0 Å². The molecule has 4 nitrogen and oxygen atoms in total. The summed E-state index contributed by atoms with van der Waals surface area (Å²) in [7, 11) is 0. The van der Waals surface area contributed by atoms with Crippen LogP contribution >= 0.6 is 11.3 Å². The van der Waals surface area contributed by atoms with Crippen molar-refractivity contribution in [3.8, 4) is 5.88 Å². The number of ether oxygens (including phenoxy) is 1. The van der Waals surface area contributed by atoms with E-state index in [0.717, 1.165) is 22.2 Å². The zero-order chi connectivity index (χ0) is 11.5. The summed E-state index contributed by atoms with van der Waals surface area (Å²) in [4.78, 5) is 9.08. The molecule has 84 valence electrons. The zero-order valence-electron chi connectivity index (χ0n) is 9.06. The van der Waals surface area contributed by atoms with Crippen molar-refractivity contribution in [3.05, 3.63) is 23.6 Å². The highest BCUT2D eigenvalue weighted by Gasteiger charge is 2.08. The molecule has 2 heterocycles. The van der Waals surface area contributed by atoms with Crippen molar-refractivity contribution >= 4 is 27.5 Å². The molecule has 2 aromatic rings. The number of anilines is 1. The Morgan fingerprint density at radius 1 is 1.56 bits per heavy atom.